The number of esters is 1. The van der Waals surface area contributed by atoms with Crippen LogP contribution in [0, 0.1) is 23.7 Å². The number of fused-ring (bicyclic) bond motifs is 2. The van der Waals surface area contributed by atoms with Crippen molar-refractivity contribution in [2.75, 3.05) is 13.7 Å². The number of carbonyl (C=O) groups excluding carboxylic acids is 1. The lowest BCUT2D eigenvalue weighted by atomic mass is 9.73. The molecular formula is C24H35NO5. The summed E-state index contributed by atoms with van der Waals surface area (Å²) < 4.78 is 11.2. The average molecular weight is 418 g/mol. The topological polar surface area (TPSA) is 84.9 Å². The Hall–Kier alpha value is -2.08. The molecule has 0 saturated heterocycles. The molecule has 0 bridgehead atoms. The number of carboxylic acids is 1. The van der Waals surface area contributed by atoms with Crippen molar-refractivity contribution in [1.29, 1.82) is 0 Å². The first-order chi connectivity index (χ1) is 14.4. The first-order valence-corrected chi connectivity index (χ1v) is 11.3. The summed E-state index contributed by atoms with van der Waals surface area (Å²) in [7, 11) is 1.85. The van der Waals surface area contributed by atoms with E-state index in [4.69, 9.17) is 14.6 Å². The van der Waals surface area contributed by atoms with Gasteiger partial charge >= 0.3 is 11.9 Å². The number of nitrogens with one attached hydrogen (secondary N) is 1. The molecule has 1 aromatic carbocycles. The molecule has 1 aromatic rings. The van der Waals surface area contributed by atoms with Crippen LogP contribution in [0.4, 0.5) is 0 Å². The Kier molecular flexibility index (Phi) is 7.75. The molecule has 0 aromatic heterocycles. The van der Waals surface area contributed by atoms with Crippen LogP contribution in [0.2, 0.25) is 0 Å². The predicted octanol–water partition coefficient (Wildman–Crippen LogP) is 3.81. The van der Waals surface area contributed by atoms with E-state index < -0.39 is 5.97 Å². The zero-order valence-corrected chi connectivity index (χ0v) is 18.4. The standard InChI is InChI=1S/C24H35NO5/c1-4-15(2)24(28)30-22(25-3)11-10-16-8-9-18-13-20-17(12-19(16)18)6-5-7-21(20)29-14-23(26)27/h5-7,15-16,18-19,22,25H,4,8-14H2,1-3H3,(H,26,27). The van der Waals surface area contributed by atoms with Gasteiger partial charge in [-0.3, -0.25) is 10.1 Å². The molecule has 1 fully saturated rings. The van der Waals surface area contributed by atoms with Gasteiger partial charge in [0.15, 0.2) is 12.8 Å². The van der Waals surface area contributed by atoms with E-state index in [2.05, 4.69) is 11.4 Å². The maximum Gasteiger partial charge on any atom is 0.341 e. The summed E-state index contributed by atoms with van der Waals surface area (Å²) in [5.74, 6) is 1.47. The van der Waals surface area contributed by atoms with Gasteiger partial charge in [0.1, 0.15) is 5.75 Å². The van der Waals surface area contributed by atoms with Crippen molar-refractivity contribution < 1.29 is 24.2 Å². The van der Waals surface area contributed by atoms with Crippen LogP contribution in [0.3, 0.4) is 0 Å². The third-order valence-corrected chi connectivity index (χ3v) is 7.02. The third kappa shape index (κ3) is 5.34. The third-order valence-electron chi connectivity index (χ3n) is 7.02. The van der Waals surface area contributed by atoms with Crippen LogP contribution in [0.5, 0.6) is 5.75 Å². The van der Waals surface area contributed by atoms with Gasteiger partial charge in [0, 0.05) is 0 Å². The second kappa shape index (κ2) is 10.3. The summed E-state index contributed by atoms with van der Waals surface area (Å²) in [6, 6.07) is 6.00. The highest BCUT2D eigenvalue weighted by atomic mass is 16.6. The fourth-order valence-corrected chi connectivity index (χ4v) is 5.06. The molecule has 0 heterocycles. The molecule has 2 aliphatic rings. The molecule has 30 heavy (non-hydrogen) atoms. The van der Waals surface area contributed by atoms with E-state index in [0.717, 1.165) is 37.9 Å². The van der Waals surface area contributed by atoms with E-state index in [-0.39, 0.29) is 24.7 Å². The van der Waals surface area contributed by atoms with E-state index in [1.54, 1.807) is 0 Å². The van der Waals surface area contributed by atoms with Gasteiger partial charge in [-0.25, -0.2) is 4.79 Å². The van der Waals surface area contributed by atoms with Crippen molar-refractivity contribution in [3.8, 4) is 5.75 Å². The summed E-state index contributed by atoms with van der Waals surface area (Å²) in [4.78, 5) is 23.0. The van der Waals surface area contributed by atoms with Gasteiger partial charge in [0.05, 0.1) is 5.92 Å². The monoisotopic (exact) mass is 417 g/mol. The number of carboxylic acid groups (broad SMARTS) is 1. The normalized spacial score (nSPS) is 24.4. The number of benzene rings is 1. The first kappa shape index (κ1) is 22.6. The average Bonchev–Trinajstić information content (AvgIpc) is 3.14. The molecular weight excluding hydrogens is 382 g/mol. The van der Waals surface area contributed by atoms with Crippen molar-refractivity contribution in [3.63, 3.8) is 0 Å². The van der Waals surface area contributed by atoms with E-state index >= 15 is 0 Å². The number of hydrogen-bond acceptors (Lipinski definition) is 5. The van der Waals surface area contributed by atoms with Crippen LogP contribution in [0.25, 0.3) is 0 Å². The molecule has 1 saturated carbocycles. The van der Waals surface area contributed by atoms with Crippen molar-refractivity contribution in [2.45, 2.75) is 65.0 Å². The zero-order chi connectivity index (χ0) is 21.7. The molecule has 6 heteroatoms. The van der Waals surface area contributed by atoms with E-state index in [0.29, 0.717) is 17.8 Å². The smallest absolute Gasteiger partial charge is 0.341 e. The lowest BCUT2D eigenvalue weighted by molar-refractivity contribution is -0.155. The Bertz CT molecular complexity index is 749. The summed E-state index contributed by atoms with van der Waals surface area (Å²) in [5.41, 5.74) is 2.48. The molecule has 166 valence electrons. The molecule has 0 spiro atoms. The number of aliphatic carboxylic acids is 1. The molecule has 5 unspecified atom stereocenters. The van der Waals surface area contributed by atoms with E-state index in [1.165, 1.54) is 24.0 Å². The van der Waals surface area contributed by atoms with Crippen LogP contribution >= 0.6 is 0 Å². The van der Waals surface area contributed by atoms with Gasteiger partial charge in [-0.05, 0) is 86.9 Å². The fourth-order valence-electron chi connectivity index (χ4n) is 5.06. The van der Waals surface area contributed by atoms with Crippen LogP contribution in [-0.4, -0.2) is 36.9 Å². The second-order valence-corrected chi connectivity index (χ2v) is 8.85. The van der Waals surface area contributed by atoms with Gasteiger partial charge in [-0.1, -0.05) is 26.0 Å². The van der Waals surface area contributed by atoms with Crippen molar-refractivity contribution in [3.05, 3.63) is 29.3 Å². The zero-order valence-electron chi connectivity index (χ0n) is 18.4. The minimum atomic E-state index is -0.949. The highest BCUT2D eigenvalue weighted by Crippen LogP contribution is 2.48. The van der Waals surface area contributed by atoms with Gasteiger partial charge < -0.3 is 14.6 Å². The molecule has 2 aliphatic carbocycles. The van der Waals surface area contributed by atoms with Crippen molar-refractivity contribution in [1.82, 2.24) is 5.32 Å². The Morgan fingerprint density at radius 3 is 2.77 bits per heavy atom. The Morgan fingerprint density at radius 1 is 1.27 bits per heavy atom. The van der Waals surface area contributed by atoms with Crippen molar-refractivity contribution in [2.24, 2.45) is 23.7 Å². The quantitative estimate of drug-likeness (QED) is 0.445. The number of carbonyl (C=O) groups is 2. The largest absolute Gasteiger partial charge is 0.482 e. The van der Waals surface area contributed by atoms with Gasteiger partial charge in [-0.15, -0.1) is 0 Å². The molecule has 0 amide bonds. The Balaban J connectivity index is 1.59. The second-order valence-electron chi connectivity index (χ2n) is 8.85. The van der Waals surface area contributed by atoms with Gasteiger partial charge in [0.2, 0.25) is 0 Å². The van der Waals surface area contributed by atoms with Crippen LogP contribution < -0.4 is 10.1 Å². The van der Waals surface area contributed by atoms with Crippen LogP contribution in [-0.2, 0) is 27.2 Å². The van der Waals surface area contributed by atoms with E-state index in [9.17, 15) is 9.59 Å². The minimum absolute atomic E-state index is 0.0656. The lowest BCUT2D eigenvalue weighted by Crippen LogP contribution is -2.34. The maximum absolute atomic E-state index is 12.1. The van der Waals surface area contributed by atoms with Crippen LogP contribution in [0.1, 0.15) is 57.1 Å². The Labute approximate surface area is 179 Å². The Morgan fingerprint density at radius 2 is 2.07 bits per heavy atom. The van der Waals surface area contributed by atoms with Crippen LogP contribution in [0.15, 0.2) is 18.2 Å². The first-order valence-electron chi connectivity index (χ1n) is 11.3. The van der Waals surface area contributed by atoms with E-state index in [1.807, 2.05) is 33.0 Å². The lowest BCUT2D eigenvalue weighted by Gasteiger charge is -2.32. The highest BCUT2D eigenvalue weighted by molar-refractivity contribution is 5.72. The number of rotatable bonds is 10. The van der Waals surface area contributed by atoms with Crippen molar-refractivity contribution >= 4 is 11.9 Å². The molecule has 3 rings (SSSR count). The summed E-state index contributed by atoms with van der Waals surface area (Å²) in [6.07, 6.45) is 6.82. The summed E-state index contributed by atoms with van der Waals surface area (Å²) in [6.45, 7) is 3.61. The number of ether oxygens (including phenoxy) is 2. The summed E-state index contributed by atoms with van der Waals surface area (Å²) >= 11 is 0. The SMILES string of the molecule is CCC(C)C(=O)OC(CCC1CCC2Cc3c(cccc3OCC(=O)O)CC12)NC. The molecule has 6 nitrogen and oxygen atoms in total. The number of hydrogen-bond donors (Lipinski definition) is 2. The van der Waals surface area contributed by atoms with Gasteiger partial charge in [-0.2, -0.15) is 0 Å². The fraction of sp³-hybridized carbons (Fsp3) is 0.667. The predicted molar refractivity (Wildman–Crippen MR) is 114 cm³/mol. The summed E-state index contributed by atoms with van der Waals surface area (Å²) in [5, 5.41) is 12.1. The van der Waals surface area contributed by atoms with Gasteiger partial charge in [0.25, 0.3) is 0 Å². The maximum atomic E-state index is 12.1. The molecule has 5 atom stereocenters. The minimum Gasteiger partial charge on any atom is -0.482 e. The highest BCUT2D eigenvalue weighted by Gasteiger charge is 2.40. The molecule has 2 N–H and O–H groups in total. The molecule has 0 aliphatic heterocycles. The molecule has 0 radical (unpaired) electrons.